The van der Waals surface area contributed by atoms with Gasteiger partial charge in [-0.05, 0) is 24.1 Å². The van der Waals surface area contributed by atoms with Crippen LogP contribution in [0.2, 0.25) is 0 Å². The highest BCUT2D eigenvalue weighted by Gasteiger charge is 2.05. The maximum atomic E-state index is 12.8. The zero-order chi connectivity index (χ0) is 15.6. The van der Waals surface area contributed by atoms with E-state index in [1.54, 1.807) is 35.2 Å². The van der Waals surface area contributed by atoms with Gasteiger partial charge in [-0.1, -0.05) is 67.8 Å². The van der Waals surface area contributed by atoms with Crippen molar-refractivity contribution in [3.8, 4) is 0 Å². The van der Waals surface area contributed by atoms with E-state index < -0.39 is 0 Å². The first-order valence-electron chi connectivity index (χ1n) is 7.72. The van der Waals surface area contributed by atoms with Crippen molar-refractivity contribution in [3.05, 3.63) is 35.6 Å². The SMILES string of the molecule is CCCCCCCNc1nnc(SCc2ccc(F)cc2)s1. The van der Waals surface area contributed by atoms with Crippen molar-refractivity contribution >= 4 is 28.2 Å². The van der Waals surface area contributed by atoms with E-state index in [-0.39, 0.29) is 5.82 Å². The second-order valence-electron chi connectivity index (χ2n) is 5.13. The molecule has 2 aromatic rings. The van der Waals surface area contributed by atoms with E-state index in [1.807, 2.05) is 0 Å². The summed E-state index contributed by atoms with van der Waals surface area (Å²) >= 11 is 3.21. The maximum Gasteiger partial charge on any atom is 0.206 e. The molecule has 6 heteroatoms. The highest BCUT2D eigenvalue weighted by atomic mass is 32.2. The second kappa shape index (κ2) is 9.79. The van der Waals surface area contributed by atoms with Crippen molar-refractivity contribution in [2.45, 2.75) is 49.1 Å². The predicted octanol–water partition coefficient (Wildman–Crippen LogP) is 5.35. The van der Waals surface area contributed by atoms with E-state index in [0.29, 0.717) is 0 Å². The number of thioether (sulfide) groups is 1. The van der Waals surface area contributed by atoms with E-state index >= 15 is 0 Å². The van der Waals surface area contributed by atoms with E-state index in [9.17, 15) is 4.39 Å². The Morgan fingerprint density at radius 1 is 1.09 bits per heavy atom. The summed E-state index contributed by atoms with van der Waals surface area (Å²) in [5.74, 6) is 0.585. The van der Waals surface area contributed by atoms with Gasteiger partial charge in [-0.3, -0.25) is 0 Å². The van der Waals surface area contributed by atoms with Crippen LogP contribution in [-0.4, -0.2) is 16.7 Å². The summed E-state index contributed by atoms with van der Waals surface area (Å²) in [5.41, 5.74) is 1.09. The number of aromatic nitrogens is 2. The Bertz CT molecular complexity index is 543. The average Bonchev–Trinajstić information content (AvgIpc) is 2.98. The minimum absolute atomic E-state index is 0.199. The summed E-state index contributed by atoms with van der Waals surface area (Å²) in [6, 6.07) is 6.58. The molecule has 0 radical (unpaired) electrons. The minimum Gasteiger partial charge on any atom is -0.360 e. The molecule has 1 aromatic carbocycles. The Morgan fingerprint density at radius 2 is 1.86 bits per heavy atom. The molecule has 0 saturated heterocycles. The standard InChI is InChI=1S/C16H22FN3S2/c1-2-3-4-5-6-11-18-15-19-20-16(22-15)21-12-13-7-9-14(17)10-8-13/h7-10H,2-6,11-12H2,1H3,(H,18,19). The molecule has 120 valence electrons. The molecule has 1 aromatic heterocycles. The molecule has 0 bridgehead atoms. The Morgan fingerprint density at radius 3 is 2.64 bits per heavy atom. The Labute approximate surface area is 139 Å². The van der Waals surface area contributed by atoms with Gasteiger partial charge in [-0.15, -0.1) is 10.2 Å². The first-order chi connectivity index (χ1) is 10.8. The van der Waals surface area contributed by atoms with Crippen LogP contribution in [0.1, 0.15) is 44.6 Å². The summed E-state index contributed by atoms with van der Waals surface area (Å²) < 4.78 is 13.8. The molecule has 0 saturated carbocycles. The highest BCUT2D eigenvalue weighted by Crippen LogP contribution is 2.28. The van der Waals surface area contributed by atoms with Crippen LogP contribution in [0.4, 0.5) is 9.52 Å². The topological polar surface area (TPSA) is 37.8 Å². The largest absolute Gasteiger partial charge is 0.360 e. The van der Waals surface area contributed by atoms with E-state index in [0.717, 1.165) is 27.3 Å². The van der Waals surface area contributed by atoms with Crippen molar-refractivity contribution in [2.24, 2.45) is 0 Å². The van der Waals surface area contributed by atoms with E-state index in [4.69, 9.17) is 0 Å². The van der Waals surface area contributed by atoms with Gasteiger partial charge in [0.15, 0.2) is 4.34 Å². The number of hydrogen-bond donors (Lipinski definition) is 1. The van der Waals surface area contributed by atoms with Gasteiger partial charge in [-0.25, -0.2) is 4.39 Å². The van der Waals surface area contributed by atoms with Crippen molar-refractivity contribution in [1.29, 1.82) is 0 Å². The lowest BCUT2D eigenvalue weighted by Gasteiger charge is -2.01. The average molecular weight is 340 g/mol. The van der Waals surface area contributed by atoms with Crippen LogP contribution in [0.15, 0.2) is 28.6 Å². The van der Waals surface area contributed by atoms with Crippen molar-refractivity contribution < 1.29 is 4.39 Å². The lowest BCUT2D eigenvalue weighted by Crippen LogP contribution is -2.00. The molecule has 0 aliphatic carbocycles. The van der Waals surface area contributed by atoms with Crippen molar-refractivity contribution in [2.75, 3.05) is 11.9 Å². The molecule has 3 nitrogen and oxygen atoms in total. The van der Waals surface area contributed by atoms with Gasteiger partial charge in [0.25, 0.3) is 0 Å². The first kappa shape index (κ1) is 17.2. The van der Waals surface area contributed by atoms with Gasteiger partial charge in [0.1, 0.15) is 5.82 Å². The van der Waals surface area contributed by atoms with Gasteiger partial charge < -0.3 is 5.32 Å². The summed E-state index contributed by atoms with van der Waals surface area (Å²) in [6.45, 7) is 3.19. The molecule has 0 unspecified atom stereocenters. The molecule has 0 atom stereocenters. The molecular weight excluding hydrogens is 317 g/mol. The Hall–Kier alpha value is -1.14. The smallest absolute Gasteiger partial charge is 0.206 e. The molecule has 22 heavy (non-hydrogen) atoms. The number of halogens is 1. The number of rotatable bonds is 10. The molecule has 1 N–H and O–H groups in total. The third-order valence-corrected chi connectivity index (χ3v) is 5.32. The third-order valence-electron chi connectivity index (χ3n) is 3.24. The lowest BCUT2D eigenvalue weighted by molar-refractivity contribution is 0.627. The molecular formula is C16H22FN3S2. The molecule has 2 rings (SSSR count). The van der Waals surface area contributed by atoms with Crippen LogP contribution < -0.4 is 5.32 Å². The quantitative estimate of drug-likeness (QED) is 0.467. The van der Waals surface area contributed by atoms with Crippen molar-refractivity contribution in [1.82, 2.24) is 10.2 Å². The van der Waals surface area contributed by atoms with Gasteiger partial charge in [0.05, 0.1) is 0 Å². The summed E-state index contributed by atoms with van der Waals surface area (Å²) in [7, 11) is 0. The zero-order valence-electron chi connectivity index (χ0n) is 12.8. The summed E-state index contributed by atoms with van der Waals surface area (Å²) in [4.78, 5) is 0. The number of benzene rings is 1. The van der Waals surface area contributed by atoms with Crippen LogP contribution in [0.25, 0.3) is 0 Å². The van der Waals surface area contributed by atoms with Crippen molar-refractivity contribution in [3.63, 3.8) is 0 Å². The minimum atomic E-state index is -0.199. The summed E-state index contributed by atoms with van der Waals surface area (Å²) in [5, 5.41) is 12.5. The number of nitrogens with zero attached hydrogens (tertiary/aromatic N) is 2. The fraction of sp³-hybridized carbons (Fsp3) is 0.500. The molecule has 1 heterocycles. The summed E-state index contributed by atoms with van der Waals surface area (Å²) in [6.07, 6.45) is 6.36. The fourth-order valence-corrected chi connectivity index (χ4v) is 3.72. The van der Waals surface area contributed by atoms with Gasteiger partial charge in [0.2, 0.25) is 5.13 Å². The lowest BCUT2D eigenvalue weighted by atomic mass is 10.1. The first-order valence-corrected chi connectivity index (χ1v) is 9.52. The van der Waals surface area contributed by atoms with Gasteiger partial charge >= 0.3 is 0 Å². The number of unbranched alkanes of at least 4 members (excludes halogenated alkanes) is 4. The van der Waals surface area contributed by atoms with Crippen LogP contribution in [0.3, 0.4) is 0 Å². The van der Waals surface area contributed by atoms with E-state index in [2.05, 4.69) is 22.4 Å². The molecule has 0 amide bonds. The number of anilines is 1. The van der Waals surface area contributed by atoms with Crippen LogP contribution in [-0.2, 0) is 5.75 Å². The van der Waals surface area contributed by atoms with Crippen LogP contribution >= 0.6 is 23.1 Å². The molecule has 0 spiro atoms. The number of nitrogens with one attached hydrogen (secondary N) is 1. The van der Waals surface area contributed by atoms with Gasteiger partial charge in [0, 0.05) is 12.3 Å². The maximum absolute atomic E-state index is 12.8. The second-order valence-corrected chi connectivity index (χ2v) is 7.33. The normalized spacial score (nSPS) is 10.8. The molecule has 0 aliphatic rings. The fourth-order valence-electron chi connectivity index (χ4n) is 1.99. The zero-order valence-corrected chi connectivity index (χ0v) is 14.5. The predicted molar refractivity (Wildman–Crippen MR) is 93.1 cm³/mol. The Balaban J connectivity index is 1.66. The third kappa shape index (κ3) is 6.32. The highest BCUT2D eigenvalue weighted by molar-refractivity contribution is 8.00. The van der Waals surface area contributed by atoms with Gasteiger partial charge in [-0.2, -0.15) is 0 Å². The van der Waals surface area contributed by atoms with Crippen LogP contribution in [0.5, 0.6) is 0 Å². The van der Waals surface area contributed by atoms with Crippen LogP contribution in [0, 0.1) is 5.82 Å². The monoisotopic (exact) mass is 339 g/mol. The van der Waals surface area contributed by atoms with E-state index in [1.165, 1.54) is 44.2 Å². The Kier molecular flexibility index (Phi) is 7.66. The molecule has 0 fully saturated rings. The molecule has 0 aliphatic heterocycles. The number of hydrogen-bond acceptors (Lipinski definition) is 5.